The summed E-state index contributed by atoms with van der Waals surface area (Å²) in [6, 6.07) is 0. The highest BCUT2D eigenvalue weighted by molar-refractivity contribution is 9.10. The lowest BCUT2D eigenvalue weighted by Gasteiger charge is -2.17. The maximum Gasteiger partial charge on any atom is 0.120 e. The van der Waals surface area contributed by atoms with Gasteiger partial charge in [-0.05, 0) is 43.9 Å². The highest BCUT2D eigenvalue weighted by Crippen LogP contribution is 2.23. The number of aromatic nitrogens is 2. The van der Waals surface area contributed by atoms with E-state index in [9.17, 15) is 5.11 Å². The fourth-order valence-corrected chi connectivity index (χ4v) is 2.10. The fourth-order valence-electron chi connectivity index (χ4n) is 1.54. The molecular formula is C12H22BrN3O2. The summed E-state index contributed by atoms with van der Waals surface area (Å²) in [5.41, 5.74) is 0.775. The molecular weight excluding hydrogens is 298 g/mol. The molecule has 18 heavy (non-hydrogen) atoms. The van der Waals surface area contributed by atoms with Crippen molar-refractivity contribution in [3.8, 4) is 0 Å². The normalized spacial score (nSPS) is 13.6. The summed E-state index contributed by atoms with van der Waals surface area (Å²) in [4.78, 5) is 2.08. The molecule has 0 bridgehead atoms. The zero-order chi connectivity index (χ0) is 13.7. The maximum absolute atomic E-state index is 10.2. The Bertz CT molecular complexity index is 366. The van der Waals surface area contributed by atoms with Crippen LogP contribution in [0.3, 0.4) is 0 Å². The molecule has 1 unspecified atom stereocenters. The van der Waals surface area contributed by atoms with Crippen LogP contribution in [0.25, 0.3) is 0 Å². The molecule has 1 aromatic rings. The van der Waals surface area contributed by atoms with Crippen LogP contribution in [-0.2, 0) is 11.3 Å². The highest BCUT2D eigenvalue weighted by Gasteiger charge is 2.18. The number of rotatable bonds is 7. The molecule has 0 spiro atoms. The molecule has 0 aliphatic carbocycles. The van der Waals surface area contributed by atoms with Gasteiger partial charge in [-0.25, -0.2) is 0 Å². The molecule has 0 aliphatic rings. The minimum Gasteiger partial charge on any atom is -0.384 e. The molecule has 0 fully saturated rings. The number of nitrogens with zero attached hydrogens (tertiary/aromatic N) is 3. The van der Waals surface area contributed by atoms with Crippen LogP contribution >= 0.6 is 15.9 Å². The van der Waals surface area contributed by atoms with Crippen molar-refractivity contribution in [2.45, 2.75) is 32.6 Å². The van der Waals surface area contributed by atoms with Crippen LogP contribution < -0.4 is 0 Å². The molecule has 0 saturated carbocycles. The van der Waals surface area contributed by atoms with Gasteiger partial charge in [0, 0.05) is 6.54 Å². The van der Waals surface area contributed by atoms with Gasteiger partial charge in [0.2, 0.25) is 0 Å². The Morgan fingerprint density at radius 1 is 1.50 bits per heavy atom. The summed E-state index contributed by atoms with van der Waals surface area (Å²) in [5.74, 6) is 0. The first-order chi connectivity index (χ1) is 8.41. The zero-order valence-corrected chi connectivity index (χ0v) is 13.0. The van der Waals surface area contributed by atoms with Gasteiger partial charge in [0.1, 0.15) is 6.10 Å². The number of hydrogen-bond donors (Lipinski definition) is 1. The molecule has 0 radical (unpaired) electrons. The van der Waals surface area contributed by atoms with Crippen molar-refractivity contribution >= 4 is 15.9 Å². The van der Waals surface area contributed by atoms with Crippen LogP contribution in [0.15, 0.2) is 10.7 Å². The molecule has 0 aliphatic heterocycles. The number of aliphatic hydroxyl groups is 1. The SMILES string of the molecule is CC(C)OCC(O)c1c(Br)cnn1CCN(C)C. The van der Waals surface area contributed by atoms with Gasteiger partial charge in [-0.2, -0.15) is 5.10 Å². The largest absolute Gasteiger partial charge is 0.384 e. The predicted octanol–water partition coefficient (Wildman–Crippen LogP) is 1.67. The topological polar surface area (TPSA) is 50.5 Å². The Morgan fingerprint density at radius 2 is 2.17 bits per heavy atom. The third-order valence-electron chi connectivity index (χ3n) is 2.50. The van der Waals surface area contributed by atoms with Crippen LogP contribution in [0.4, 0.5) is 0 Å². The predicted molar refractivity (Wildman–Crippen MR) is 74.5 cm³/mol. The fraction of sp³-hybridized carbons (Fsp3) is 0.750. The molecule has 1 atom stereocenters. The van der Waals surface area contributed by atoms with Crippen molar-refractivity contribution in [2.75, 3.05) is 27.2 Å². The molecule has 6 heteroatoms. The minimum absolute atomic E-state index is 0.108. The highest BCUT2D eigenvalue weighted by atomic mass is 79.9. The Labute approximate surface area is 117 Å². The maximum atomic E-state index is 10.2. The van der Waals surface area contributed by atoms with E-state index in [1.807, 2.05) is 32.6 Å². The van der Waals surface area contributed by atoms with Crippen molar-refractivity contribution in [3.63, 3.8) is 0 Å². The van der Waals surface area contributed by atoms with E-state index in [1.54, 1.807) is 6.20 Å². The van der Waals surface area contributed by atoms with Crippen LogP contribution in [-0.4, -0.2) is 53.1 Å². The van der Waals surface area contributed by atoms with Crippen LogP contribution in [0.1, 0.15) is 25.6 Å². The number of hydrogen-bond acceptors (Lipinski definition) is 4. The van der Waals surface area contributed by atoms with E-state index in [0.717, 1.165) is 23.3 Å². The molecule has 1 rings (SSSR count). The van der Waals surface area contributed by atoms with Crippen LogP contribution in [0.2, 0.25) is 0 Å². The smallest absolute Gasteiger partial charge is 0.120 e. The summed E-state index contributed by atoms with van der Waals surface area (Å²) in [7, 11) is 4.02. The third-order valence-corrected chi connectivity index (χ3v) is 3.11. The summed E-state index contributed by atoms with van der Waals surface area (Å²) >= 11 is 3.42. The second-order valence-electron chi connectivity index (χ2n) is 4.80. The lowest BCUT2D eigenvalue weighted by Crippen LogP contribution is -2.22. The molecule has 1 heterocycles. The number of likely N-dealkylation sites (N-methyl/N-ethyl adjacent to an activating group) is 1. The van der Waals surface area contributed by atoms with E-state index in [0.29, 0.717) is 0 Å². The van der Waals surface area contributed by atoms with Gasteiger partial charge in [0.15, 0.2) is 0 Å². The van der Waals surface area contributed by atoms with E-state index in [-0.39, 0.29) is 12.7 Å². The Morgan fingerprint density at radius 3 is 2.72 bits per heavy atom. The van der Waals surface area contributed by atoms with E-state index in [1.165, 1.54) is 0 Å². The Hall–Kier alpha value is -0.430. The van der Waals surface area contributed by atoms with Crippen molar-refractivity contribution in [1.29, 1.82) is 0 Å². The molecule has 1 N–H and O–H groups in total. The number of ether oxygens (including phenoxy) is 1. The number of aliphatic hydroxyl groups excluding tert-OH is 1. The zero-order valence-electron chi connectivity index (χ0n) is 11.4. The van der Waals surface area contributed by atoms with Gasteiger partial charge in [0.05, 0.1) is 35.6 Å². The van der Waals surface area contributed by atoms with E-state index in [4.69, 9.17) is 4.74 Å². The van der Waals surface area contributed by atoms with Crippen molar-refractivity contribution in [3.05, 3.63) is 16.4 Å². The molecule has 5 nitrogen and oxygen atoms in total. The monoisotopic (exact) mass is 319 g/mol. The first-order valence-corrected chi connectivity index (χ1v) is 6.86. The second-order valence-corrected chi connectivity index (χ2v) is 5.66. The third kappa shape index (κ3) is 4.68. The molecule has 104 valence electrons. The molecule has 0 amide bonds. The van der Waals surface area contributed by atoms with Crippen LogP contribution in [0, 0.1) is 0 Å². The van der Waals surface area contributed by atoms with Gasteiger partial charge < -0.3 is 14.7 Å². The van der Waals surface area contributed by atoms with E-state index < -0.39 is 6.10 Å². The van der Waals surface area contributed by atoms with E-state index >= 15 is 0 Å². The van der Waals surface area contributed by atoms with Gasteiger partial charge in [-0.15, -0.1) is 0 Å². The molecule has 0 saturated heterocycles. The summed E-state index contributed by atoms with van der Waals surface area (Å²) in [5, 5.41) is 14.4. The van der Waals surface area contributed by atoms with Crippen molar-refractivity contribution in [1.82, 2.24) is 14.7 Å². The van der Waals surface area contributed by atoms with Crippen molar-refractivity contribution < 1.29 is 9.84 Å². The first kappa shape index (κ1) is 15.6. The quantitative estimate of drug-likeness (QED) is 0.830. The number of halogens is 1. The minimum atomic E-state index is -0.661. The Balaban J connectivity index is 2.70. The second kappa shape index (κ2) is 7.23. The van der Waals surface area contributed by atoms with Gasteiger partial charge in [-0.3, -0.25) is 4.68 Å². The average molecular weight is 320 g/mol. The van der Waals surface area contributed by atoms with Crippen molar-refractivity contribution in [2.24, 2.45) is 0 Å². The first-order valence-electron chi connectivity index (χ1n) is 6.07. The van der Waals surface area contributed by atoms with Gasteiger partial charge in [-0.1, -0.05) is 0 Å². The summed E-state index contributed by atoms with van der Waals surface area (Å²) in [6.07, 6.45) is 1.16. The standard InChI is InChI=1S/C12H22BrN3O2/c1-9(2)18-8-11(17)12-10(13)7-14-16(12)6-5-15(3)4/h7,9,11,17H,5-6,8H2,1-4H3. The average Bonchev–Trinajstić information content (AvgIpc) is 2.64. The van der Waals surface area contributed by atoms with E-state index in [2.05, 4.69) is 25.9 Å². The summed E-state index contributed by atoms with van der Waals surface area (Å²) in [6.45, 7) is 5.80. The van der Waals surface area contributed by atoms with Gasteiger partial charge in [0.25, 0.3) is 0 Å². The van der Waals surface area contributed by atoms with Gasteiger partial charge >= 0.3 is 0 Å². The lowest BCUT2D eigenvalue weighted by atomic mass is 10.2. The Kier molecular flexibility index (Phi) is 6.28. The summed E-state index contributed by atoms with van der Waals surface area (Å²) < 4.78 is 8.08. The molecule has 0 aromatic carbocycles. The van der Waals surface area contributed by atoms with Crippen LogP contribution in [0.5, 0.6) is 0 Å². The lowest BCUT2D eigenvalue weighted by molar-refractivity contribution is 0.00106. The molecule has 1 aromatic heterocycles.